The highest BCUT2D eigenvalue weighted by molar-refractivity contribution is 5.92. The van der Waals surface area contributed by atoms with Crippen LogP contribution < -0.4 is 9.62 Å². The zero-order valence-corrected chi connectivity index (χ0v) is 16.9. The van der Waals surface area contributed by atoms with Crippen LogP contribution in [0, 0.1) is 0 Å². The third kappa shape index (κ3) is 3.02. The largest absolute Gasteiger partial charge is 0.488 e. The fourth-order valence-corrected chi connectivity index (χ4v) is 4.24. The molecule has 7 nitrogen and oxygen atoms in total. The van der Waals surface area contributed by atoms with Crippen LogP contribution in [-0.4, -0.2) is 20.6 Å². The van der Waals surface area contributed by atoms with Crippen molar-refractivity contribution in [1.82, 2.24) is 9.55 Å². The van der Waals surface area contributed by atoms with Crippen LogP contribution in [0.3, 0.4) is 0 Å². The summed E-state index contributed by atoms with van der Waals surface area (Å²) in [5.74, 6) is 0.398. The van der Waals surface area contributed by atoms with Gasteiger partial charge in [0.15, 0.2) is 5.75 Å². The Balaban J connectivity index is 1.48. The van der Waals surface area contributed by atoms with Crippen LogP contribution in [0.4, 0.5) is 0 Å². The number of hydrogen-bond acceptors (Lipinski definition) is 5. The molecule has 0 fully saturated rings. The summed E-state index contributed by atoms with van der Waals surface area (Å²) < 4.78 is 8.07. The van der Waals surface area contributed by atoms with Crippen LogP contribution in [0.15, 0.2) is 67.0 Å². The molecule has 2 aliphatic heterocycles. The number of aromatic carboxylic acids is 1. The minimum absolute atomic E-state index is 0.223. The zero-order chi connectivity index (χ0) is 21.7. The number of ether oxygens (including phenoxy) is 1. The van der Waals surface area contributed by atoms with Gasteiger partial charge in [0.25, 0.3) is 0 Å². The first-order valence-corrected chi connectivity index (χ1v) is 10.2. The number of carbonyl (C=O) groups is 1. The topological polar surface area (TPSA) is 82.8 Å². The SMILES string of the molecule is O=C(O)c1ccc2c(c1)/C(=C/Cn1cnc3cc4c(cc31)COO4)c1ccccc1CO2. The van der Waals surface area contributed by atoms with Gasteiger partial charge < -0.3 is 19.3 Å². The van der Waals surface area contributed by atoms with E-state index >= 15 is 0 Å². The maximum Gasteiger partial charge on any atom is 0.335 e. The molecule has 0 bridgehead atoms. The number of imidazole rings is 1. The van der Waals surface area contributed by atoms with Crippen LogP contribution >= 0.6 is 0 Å². The number of fused-ring (bicyclic) bond motifs is 4. The number of allylic oxidation sites excluding steroid dienone is 1. The fourth-order valence-electron chi connectivity index (χ4n) is 4.24. The summed E-state index contributed by atoms with van der Waals surface area (Å²) >= 11 is 0. The highest BCUT2D eigenvalue weighted by Crippen LogP contribution is 2.38. The van der Waals surface area contributed by atoms with Gasteiger partial charge in [-0.3, -0.25) is 0 Å². The Bertz CT molecular complexity index is 1420. The molecule has 0 saturated carbocycles. The van der Waals surface area contributed by atoms with Crippen LogP contribution in [0.25, 0.3) is 16.6 Å². The van der Waals surface area contributed by atoms with Gasteiger partial charge in [-0.05, 0) is 41.0 Å². The number of carboxylic acids is 1. The smallest absolute Gasteiger partial charge is 0.335 e. The Morgan fingerprint density at radius 2 is 1.94 bits per heavy atom. The monoisotopic (exact) mass is 426 g/mol. The molecule has 4 aromatic rings. The van der Waals surface area contributed by atoms with Crippen molar-refractivity contribution in [2.24, 2.45) is 0 Å². The maximum absolute atomic E-state index is 11.6. The van der Waals surface area contributed by atoms with E-state index in [9.17, 15) is 9.90 Å². The highest BCUT2D eigenvalue weighted by Gasteiger charge is 2.21. The van der Waals surface area contributed by atoms with E-state index in [0.29, 0.717) is 31.3 Å². The van der Waals surface area contributed by atoms with Gasteiger partial charge in [0.1, 0.15) is 19.0 Å². The molecule has 158 valence electrons. The van der Waals surface area contributed by atoms with Gasteiger partial charge in [-0.1, -0.05) is 30.3 Å². The molecule has 1 aromatic heterocycles. The lowest BCUT2D eigenvalue weighted by molar-refractivity contribution is -0.194. The summed E-state index contributed by atoms with van der Waals surface area (Å²) in [6.07, 6.45) is 3.89. The number of rotatable bonds is 3. The zero-order valence-electron chi connectivity index (χ0n) is 16.9. The summed E-state index contributed by atoms with van der Waals surface area (Å²) in [7, 11) is 0. The van der Waals surface area contributed by atoms with E-state index in [1.807, 2.05) is 36.4 Å². The fraction of sp³-hybridized carbons (Fsp3) is 0.120. The van der Waals surface area contributed by atoms with E-state index in [1.165, 1.54) is 0 Å². The van der Waals surface area contributed by atoms with Crippen LogP contribution in [0.5, 0.6) is 11.5 Å². The average molecular weight is 426 g/mol. The second-order valence-electron chi connectivity index (χ2n) is 7.77. The predicted molar refractivity (Wildman–Crippen MR) is 116 cm³/mol. The van der Waals surface area contributed by atoms with Gasteiger partial charge in [-0.25, -0.2) is 9.78 Å². The maximum atomic E-state index is 11.6. The van der Waals surface area contributed by atoms with Gasteiger partial charge in [-0.2, -0.15) is 4.89 Å². The van der Waals surface area contributed by atoms with Crippen LogP contribution in [0.1, 0.15) is 32.6 Å². The lowest BCUT2D eigenvalue weighted by atomic mass is 9.93. The molecule has 32 heavy (non-hydrogen) atoms. The number of hydrogen-bond donors (Lipinski definition) is 1. The molecule has 1 N–H and O–H groups in total. The van der Waals surface area contributed by atoms with E-state index in [2.05, 4.69) is 15.6 Å². The molecule has 0 spiro atoms. The van der Waals surface area contributed by atoms with Crippen molar-refractivity contribution in [1.29, 1.82) is 0 Å². The van der Waals surface area contributed by atoms with Crippen molar-refractivity contribution in [3.63, 3.8) is 0 Å². The molecule has 0 saturated heterocycles. The Kier molecular flexibility index (Phi) is 4.22. The Morgan fingerprint density at radius 1 is 1.03 bits per heavy atom. The molecule has 6 rings (SSSR count). The second kappa shape index (κ2) is 7.25. The lowest BCUT2D eigenvalue weighted by Gasteiger charge is -2.12. The molecule has 2 aliphatic rings. The number of benzene rings is 3. The summed E-state index contributed by atoms with van der Waals surface area (Å²) in [5, 5.41) is 9.52. The molecule has 3 aromatic carbocycles. The van der Waals surface area contributed by atoms with E-state index < -0.39 is 5.97 Å². The molecule has 0 amide bonds. The quantitative estimate of drug-likeness (QED) is 0.483. The first-order chi connectivity index (χ1) is 15.7. The number of nitrogens with zero attached hydrogens (tertiary/aromatic N) is 2. The lowest BCUT2D eigenvalue weighted by Crippen LogP contribution is -2.00. The highest BCUT2D eigenvalue weighted by atomic mass is 17.2. The van der Waals surface area contributed by atoms with Crippen molar-refractivity contribution in [3.8, 4) is 11.5 Å². The summed E-state index contributed by atoms with van der Waals surface area (Å²) in [4.78, 5) is 26.3. The molecule has 0 unspecified atom stereocenters. The van der Waals surface area contributed by atoms with E-state index in [4.69, 9.17) is 14.5 Å². The van der Waals surface area contributed by atoms with E-state index in [-0.39, 0.29) is 5.56 Å². The molecule has 0 aliphatic carbocycles. The standard InChI is InChI=1S/C25H18N2O5/c28-25(29)15-5-6-23-20(9-15)19(18-4-2-1-3-16(18)12-30-23)7-8-27-14-26-21-11-24-17(10-22(21)27)13-31-32-24/h1-7,9-11,14H,8,12-13H2,(H,28,29)/b19-7+. The van der Waals surface area contributed by atoms with Crippen LogP contribution in [0.2, 0.25) is 0 Å². The first-order valence-electron chi connectivity index (χ1n) is 10.2. The Labute approximate surface area is 183 Å². The minimum Gasteiger partial charge on any atom is -0.488 e. The molecule has 0 atom stereocenters. The Hall–Kier alpha value is -4.10. The van der Waals surface area contributed by atoms with Crippen molar-refractivity contribution in [3.05, 3.63) is 94.8 Å². The predicted octanol–water partition coefficient (Wildman–Crippen LogP) is 4.58. The molecular weight excluding hydrogens is 408 g/mol. The molecule has 0 radical (unpaired) electrons. The van der Waals surface area contributed by atoms with Gasteiger partial charge in [0.05, 0.1) is 22.9 Å². The third-order valence-corrected chi connectivity index (χ3v) is 5.87. The van der Waals surface area contributed by atoms with Crippen molar-refractivity contribution >= 4 is 22.6 Å². The molecule has 3 heterocycles. The van der Waals surface area contributed by atoms with Crippen molar-refractivity contribution in [2.45, 2.75) is 19.8 Å². The van der Waals surface area contributed by atoms with Crippen molar-refractivity contribution < 1.29 is 24.4 Å². The summed E-state index contributed by atoms with van der Waals surface area (Å²) in [6.45, 7) is 1.39. The van der Waals surface area contributed by atoms with Gasteiger partial charge in [0.2, 0.25) is 0 Å². The van der Waals surface area contributed by atoms with Gasteiger partial charge in [-0.15, -0.1) is 0 Å². The van der Waals surface area contributed by atoms with Gasteiger partial charge >= 0.3 is 5.97 Å². The second-order valence-corrected chi connectivity index (χ2v) is 7.77. The molecule has 7 heteroatoms. The first kappa shape index (κ1) is 18.7. The Morgan fingerprint density at radius 3 is 2.84 bits per heavy atom. The molecular formula is C25H18N2O5. The van der Waals surface area contributed by atoms with E-state index in [1.54, 1.807) is 24.5 Å². The summed E-state index contributed by atoms with van der Waals surface area (Å²) in [5.41, 5.74) is 6.79. The average Bonchev–Trinajstić information content (AvgIpc) is 3.39. The van der Waals surface area contributed by atoms with Crippen molar-refractivity contribution in [2.75, 3.05) is 0 Å². The summed E-state index contributed by atoms with van der Waals surface area (Å²) in [6, 6.07) is 16.9. The minimum atomic E-state index is -0.969. The van der Waals surface area contributed by atoms with Gasteiger partial charge in [0, 0.05) is 23.7 Å². The number of aromatic nitrogens is 2. The normalized spacial score (nSPS) is 15.4. The van der Waals surface area contributed by atoms with E-state index in [0.717, 1.165) is 38.9 Å². The number of carboxylic acid groups (broad SMARTS) is 1. The third-order valence-electron chi connectivity index (χ3n) is 5.87. The van der Waals surface area contributed by atoms with Crippen LogP contribution in [-0.2, 0) is 24.6 Å².